The number of nitrogens with zero attached hydrogens (tertiary/aromatic N) is 2. The van der Waals surface area contributed by atoms with Gasteiger partial charge in [0.1, 0.15) is 18.4 Å². The topological polar surface area (TPSA) is 86.8 Å². The summed E-state index contributed by atoms with van der Waals surface area (Å²) in [5.74, 6) is -1.24. The zero-order valence-corrected chi connectivity index (χ0v) is 21.4. The molecule has 2 aromatic carbocycles. The summed E-state index contributed by atoms with van der Waals surface area (Å²) in [6, 6.07) is 11.9. The summed E-state index contributed by atoms with van der Waals surface area (Å²) >= 11 is 0. The highest BCUT2D eigenvalue weighted by Crippen LogP contribution is 2.22. The Labute approximate surface area is 207 Å². The largest absolute Gasteiger partial charge is 0.352 e. The number of carbonyl (C=O) groups is 2. The SMILES string of the molecule is CCC(C(=O)NC1CCCC1)N(Cc1ccccc1C)C(=O)CN(c1ccc(F)cc1)S(C)(=O)=O. The Bertz CT molecular complexity index is 1130. The number of nitrogens with one attached hydrogen (secondary N) is 1. The highest BCUT2D eigenvalue weighted by Gasteiger charge is 2.33. The van der Waals surface area contributed by atoms with Gasteiger partial charge in [0.25, 0.3) is 0 Å². The quantitative estimate of drug-likeness (QED) is 0.535. The summed E-state index contributed by atoms with van der Waals surface area (Å²) in [5.41, 5.74) is 2.03. The number of sulfonamides is 1. The lowest BCUT2D eigenvalue weighted by Crippen LogP contribution is -2.53. The Hall–Kier alpha value is -2.94. The van der Waals surface area contributed by atoms with Crippen LogP contribution in [0.3, 0.4) is 0 Å². The first-order valence-electron chi connectivity index (χ1n) is 12.0. The Morgan fingerprint density at radius 2 is 1.71 bits per heavy atom. The van der Waals surface area contributed by atoms with Crippen molar-refractivity contribution in [1.29, 1.82) is 0 Å². The summed E-state index contributed by atoms with van der Waals surface area (Å²) in [6.45, 7) is 3.44. The first-order chi connectivity index (χ1) is 16.6. The summed E-state index contributed by atoms with van der Waals surface area (Å²) in [7, 11) is -3.85. The molecule has 1 N–H and O–H groups in total. The number of benzene rings is 2. The van der Waals surface area contributed by atoms with E-state index in [9.17, 15) is 22.4 Å². The summed E-state index contributed by atoms with van der Waals surface area (Å²) in [5, 5.41) is 3.08. The molecule has 1 aliphatic rings. The predicted octanol–water partition coefficient (Wildman–Crippen LogP) is 3.77. The second-order valence-electron chi connectivity index (χ2n) is 9.11. The molecule has 0 bridgehead atoms. The standard InChI is InChI=1S/C26H34FN3O4S/c1-4-24(26(32)28-22-11-7-8-12-22)29(17-20-10-6-5-9-19(20)2)25(31)18-30(35(3,33)34)23-15-13-21(27)14-16-23/h5-6,9-10,13-16,22,24H,4,7-8,11-12,17-18H2,1-3H3,(H,28,32). The summed E-state index contributed by atoms with van der Waals surface area (Å²) in [6.07, 6.45) is 5.34. The van der Waals surface area contributed by atoms with Crippen LogP contribution in [0.5, 0.6) is 0 Å². The fourth-order valence-corrected chi connectivity index (χ4v) is 5.33. The first-order valence-corrected chi connectivity index (χ1v) is 13.8. The van der Waals surface area contributed by atoms with Gasteiger partial charge in [0.2, 0.25) is 21.8 Å². The van der Waals surface area contributed by atoms with Crippen molar-refractivity contribution < 1.29 is 22.4 Å². The van der Waals surface area contributed by atoms with Crippen LogP contribution >= 0.6 is 0 Å². The number of hydrogen-bond acceptors (Lipinski definition) is 4. The van der Waals surface area contributed by atoms with Gasteiger partial charge in [-0.3, -0.25) is 13.9 Å². The minimum atomic E-state index is -3.85. The van der Waals surface area contributed by atoms with Crippen LogP contribution in [0.2, 0.25) is 0 Å². The molecular weight excluding hydrogens is 469 g/mol. The lowest BCUT2D eigenvalue weighted by Gasteiger charge is -2.33. The smallest absolute Gasteiger partial charge is 0.244 e. The van der Waals surface area contributed by atoms with Crippen molar-refractivity contribution >= 4 is 27.5 Å². The van der Waals surface area contributed by atoms with E-state index in [-0.39, 0.29) is 24.2 Å². The number of amides is 2. The molecule has 0 radical (unpaired) electrons. The molecule has 2 aromatic rings. The predicted molar refractivity (Wildman–Crippen MR) is 135 cm³/mol. The lowest BCUT2D eigenvalue weighted by atomic mass is 10.1. The van der Waals surface area contributed by atoms with Gasteiger partial charge < -0.3 is 10.2 Å². The number of halogens is 1. The van der Waals surface area contributed by atoms with Crippen molar-refractivity contribution in [3.8, 4) is 0 Å². The van der Waals surface area contributed by atoms with E-state index in [0.717, 1.165) is 59.5 Å². The highest BCUT2D eigenvalue weighted by molar-refractivity contribution is 7.92. The van der Waals surface area contributed by atoms with Crippen molar-refractivity contribution in [2.75, 3.05) is 17.1 Å². The molecule has 190 valence electrons. The van der Waals surface area contributed by atoms with Crippen molar-refractivity contribution in [1.82, 2.24) is 10.2 Å². The zero-order valence-electron chi connectivity index (χ0n) is 20.5. The Kier molecular flexibility index (Phi) is 8.88. The van der Waals surface area contributed by atoms with E-state index in [0.29, 0.717) is 6.42 Å². The number of carbonyl (C=O) groups excluding carboxylic acids is 2. The zero-order chi connectivity index (χ0) is 25.6. The van der Waals surface area contributed by atoms with Gasteiger partial charge in [-0.2, -0.15) is 0 Å². The third-order valence-corrected chi connectivity index (χ3v) is 7.62. The van der Waals surface area contributed by atoms with E-state index in [1.807, 2.05) is 38.1 Å². The maximum absolute atomic E-state index is 13.7. The van der Waals surface area contributed by atoms with Crippen LogP contribution in [0.4, 0.5) is 10.1 Å². The van der Waals surface area contributed by atoms with Crippen LogP contribution in [0.1, 0.15) is 50.2 Å². The van der Waals surface area contributed by atoms with Gasteiger partial charge >= 0.3 is 0 Å². The Balaban J connectivity index is 1.92. The van der Waals surface area contributed by atoms with Gasteiger partial charge in [-0.05, 0) is 61.6 Å². The molecule has 0 aliphatic heterocycles. The molecule has 1 aliphatic carbocycles. The second-order valence-corrected chi connectivity index (χ2v) is 11.0. The third kappa shape index (κ3) is 7.04. The molecule has 0 spiro atoms. The van der Waals surface area contributed by atoms with Gasteiger partial charge in [0.15, 0.2) is 0 Å². The van der Waals surface area contributed by atoms with Gasteiger partial charge in [-0.15, -0.1) is 0 Å². The molecule has 3 rings (SSSR count). The van der Waals surface area contributed by atoms with Crippen LogP contribution in [-0.2, 0) is 26.2 Å². The normalized spacial score (nSPS) is 15.0. The van der Waals surface area contributed by atoms with Crippen molar-refractivity contribution in [3.05, 3.63) is 65.5 Å². The molecule has 35 heavy (non-hydrogen) atoms. The third-order valence-electron chi connectivity index (χ3n) is 6.48. The molecule has 7 nitrogen and oxygen atoms in total. The average Bonchev–Trinajstić information content (AvgIpc) is 3.31. The minimum absolute atomic E-state index is 0.0960. The van der Waals surface area contributed by atoms with Crippen LogP contribution in [0, 0.1) is 12.7 Å². The van der Waals surface area contributed by atoms with Crippen LogP contribution in [-0.4, -0.2) is 50.0 Å². The fourth-order valence-electron chi connectivity index (χ4n) is 4.48. The Morgan fingerprint density at radius 3 is 2.29 bits per heavy atom. The molecule has 1 fully saturated rings. The second kappa shape index (κ2) is 11.7. The van der Waals surface area contributed by atoms with E-state index >= 15 is 0 Å². The van der Waals surface area contributed by atoms with Gasteiger partial charge in [-0.1, -0.05) is 44.0 Å². The van der Waals surface area contributed by atoms with Crippen LogP contribution < -0.4 is 9.62 Å². The Morgan fingerprint density at radius 1 is 1.09 bits per heavy atom. The summed E-state index contributed by atoms with van der Waals surface area (Å²) in [4.78, 5) is 28.4. The monoisotopic (exact) mass is 503 g/mol. The maximum Gasteiger partial charge on any atom is 0.244 e. The molecule has 9 heteroatoms. The van der Waals surface area contributed by atoms with Crippen molar-refractivity contribution in [2.24, 2.45) is 0 Å². The lowest BCUT2D eigenvalue weighted by molar-refractivity contribution is -0.140. The maximum atomic E-state index is 13.7. The van der Waals surface area contributed by atoms with Gasteiger partial charge in [-0.25, -0.2) is 12.8 Å². The van der Waals surface area contributed by atoms with Crippen molar-refractivity contribution in [3.63, 3.8) is 0 Å². The molecule has 2 amide bonds. The van der Waals surface area contributed by atoms with E-state index in [4.69, 9.17) is 0 Å². The summed E-state index contributed by atoms with van der Waals surface area (Å²) < 4.78 is 39.5. The molecular formula is C26H34FN3O4S. The van der Waals surface area contributed by atoms with E-state index in [1.54, 1.807) is 0 Å². The average molecular weight is 504 g/mol. The van der Waals surface area contributed by atoms with E-state index in [2.05, 4.69) is 5.32 Å². The number of anilines is 1. The number of rotatable bonds is 10. The molecule has 1 unspecified atom stereocenters. The van der Waals surface area contributed by atoms with E-state index < -0.39 is 34.3 Å². The first kappa shape index (κ1) is 26.7. The fraction of sp³-hybridized carbons (Fsp3) is 0.462. The molecule has 1 saturated carbocycles. The number of hydrogen-bond donors (Lipinski definition) is 1. The van der Waals surface area contributed by atoms with Crippen LogP contribution in [0.25, 0.3) is 0 Å². The van der Waals surface area contributed by atoms with Crippen molar-refractivity contribution in [2.45, 2.75) is 64.6 Å². The molecule has 0 heterocycles. The number of aryl methyl sites for hydroxylation is 1. The van der Waals surface area contributed by atoms with Gasteiger partial charge in [0.05, 0.1) is 11.9 Å². The van der Waals surface area contributed by atoms with Gasteiger partial charge in [0, 0.05) is 12.6 Å². The van der Waals surface area contributed by atoms with E-state index in [1.165, 1.54) is 17.0 Å². The molecule has 0 saturated heterocycles. The molecule has 1 atom stereocenters. The highest BCUT2D eigenvalue weighted by atomic mass is 32.2. The van der Waals surface area contributed by atoms with Crippen LogP contribution in [0.15, 0.2) is 48.5 Å². The minimum Gasteiger partial charge on any atom is -0.352 e. The molecule has 0 aromatic heterocycles.